The quantitative estimate of drug-likeness (QED) is 0.875. The van der Waals surface area contributed by atoms with Gasteiger partial charge in [0.05, 0.1) is 0 Å². The van der Waals surface area contributed by atoms with Crippen LogP contribution in [-0.4, -0.2) is 15.7 Å². The Bertz CT molecular complexity index is 668. The summed E-state index contributed by atoms with van der Waals surface area (Å²) in [7, 11) is 0. The minimum Gasteiger partial charge on any atom is -0.311 e. The Kier molecular flexibility index (Phi) is 3.08. The minimum absolute atomic E-state index is 0.229. The highest BCUT2D eigenvalue weighted by Gasteiger charge is 2.18. The van der Waals surface area contributed by atoms with E-state index >= 15 is 0 Å². The molecule has 0 aliphatic rings. The van der Waals surface area contributed by atoms with E-state index in [0.717, 1.165) is 21.8 Å². The summed E-state index contributed by atoms with van der Waals surface area (Å²) in [6.45, 7) is 4.89. The Hall–Kier alpha value is -1.89. The Morgan fingerprint density at radius 3 is 2.67 bits per heavy atom. The molecule has 0 aromatic carbocycles. The molecule has 2 N–H and O–H groups in total. The van der Waals surface area contributed by atoms with Gasteiger partial charge in [-0.15, -0.1) is 11.3 Å². The Morgan fingerprint density at radius 2 is 2.17 bits per heavy atom. The summed E-state index contributed by atoms with van der Waals surface area (Å²) in [6, 6.07) is 1.22. The molecule has 1 amide bonds. The number of anilines is 1. The van der Waals surface area contributed by atoms with Crippen molar-refractivity contribution in [1.29, 1.82) is 0 Å². The second-order valence-electron chi connectivity index (χ2n) is 3.93. The third-order valence-electron chi connectivity index (χ3n) is 2.57. The van der Waals surface area contributed by atoms with Gasteiger partial charge in [0.2, 0.25) is 11.0 Å². The number of thiophene rings is 1. The molecule has 2 aromatic heterocycles. The van der Waals surface area contributed by atoms with Gasteiger partial charge in [0.1, 0.15) is 11.5 Å². The average molecular weight is 269 g/mol. The molecule has 0 spiro atoms. The first-order chi connectivity index (χ1) is 8.40. The molecule has 0 atom stereocenters. The van der Waals surface area contributed by atoms with Crippen LogP contribution in [0.5, 0.6) is 0 Å². The maximum absolute atomic E-state index is 13.8. The third kappa shape index (κ3) is 2.08. The number of hydrogen-bond donors (Lipinski definition) is 2. The number of carbonyl (C=O) groups is 1. The van der Waals surface area contributed by atoms with Gasteiger partial charge in [0, 0.05) is 17.9 Å². The van der Waals surface area contributed by atoms with Gasteiger partial charge in [-0.3, -0.25) is 14.7 Å². The molecule has 0 bridgehead atoms. The van der Waals surface area contributed by atoms with Crippen molar-refractivity contribution in [2.75, 3.05) is 5.32 Å². The highest BCUT2D eigenvalue weighted by Crippen LogP contribution is 2.30. The fourth-order valence-electron chi connectivity index (χ4n) is 1.67. The Morgan fingerprint density at radius 1 is 1.50 bits per heavy atom. The first kappa shape index (κ1) is 12.6. The van der Waals surface area contributed by atoms with Crippen molar-refractivity contribution in [3.8, 4) is 5.69 Å². The second kappa shape index (κ2) is 4.41. The summed E-state index contributed by atoms with van der Waals surface area (Å²) in [5, 5.41) is 4.56. The van der Waals surface area contributed by atoms with E-state index in [0.29, 0.717) is 0 Å². The second-order valence-corrected chi connectivity index (χ2v) is 5.10. The van der Waals surface area contributed by atoms with Crippen LogP contribution in [0.4, 0.5) is 10.2 Å². The van der Waals surface area contributed by atoms with Crippen molar-refractivity contribution in [3.63, 3.8) is 0 Å². The molecule has 7 heteroatoms. The zero-order valence-corrected chi connectivity index (χ0v) is 10.9. The van der Waals surface area contributed by atoms with E-state index in [1.807, 2.05) is 0 Å². The lowest BCUT2D eigenvalue weighted by atomic mass is 10.2. The number of nitrogens with one attached hydrogen (secondary N) is 2. The molecular formula is C11H12FN3O2S. The van der Waals surface area contributed by atoms with Gasteiger partial charge in [-0.2, -0.15) is 4.39 Å². The van der Waals surface area contributed by atoms with E-state index in [4.69, 9.17) is 0 Å². The average Bonchev–Trinajstić information content (AvgIpc) is 2.69. The van der Waals surface area contributed by atoms with Crippen LogP contribution in [-0.2, 0) is 4.79 Å². The van der Waals surface area contributed by atoms with Crippen molar-refractivity contribution in [1.82, 2.24) is 9.78 Å². The van der Waals surface area contributed by atoms with E-state index in [2.05, 4.69) is 10.4 Å². The largest absolute Gasteiger partial charge is 0.311 e. The number of aryl methyl sites for hydroxylation is 1. The lowest BCUT2D eigenvalue weighted by Gasteiger charge is -2.08. The van der Waals surface area contributed by atoms with Gasteiger partial charge in [-0.05, 0) is 19.4 Å². The predicted octanol–water partition coefficient (Wildman–Crippen LogP) is 1.94. The molecule has 2 rings (SSSR count). The standard InChI is InChI=1S/C11H12FN3O2S/c1-5-6(2)18-11(12)10(5)15-8(13-7(3)16)4-9(17)14-15/h4H,1-3H3,(H,13,16)(H,14,17). The summed E-state index contributed by atoms with van der Waals surface area (Å²) in [5.41, 5.74) is 0.598. The van der Waals surface area contributed by atoms with Crippen LogP contribution in [0.15, 0.2) is 10.9 Å². The van der Waals surface area contributed by atoms with Gasteiger partial charge in [0.25, 0.3) is 5.56 Å². The zero-order chi connectivity index (χ0) is 13.4. The summed E-state index contributed by atoms with van der Waals surface area (Å²) in [4.78, 5) is 23.2. The van der Waals surface area contributed by atoms with E-state index in [1.54, 1.807) is 13.8 Å². The van der Waals surface area contributed by atoms with Gasteiger partial charge in [-0.1, -0.05) is 0 Å². The molecule has 2 heterocycles. The van der Waals surface area contributed by atoms with E-state index in [9.17, 15) is 14.0 Å². The maximum atomic E-state index is 13.8. The minimum atomic E-state index is -0.401. The molecule has 0 aliphatic heterocycles. The topological polar surface area (TPSA) is 66.9 Å². The number of carbonyl (C=O) groups excluding carboxylic acids is 1. The molecule has 0 fully saturated rings. The predicted molar refractivity (Wildman–Crippen MR) is 68.0 cm³/mol. The molecule has 0 saturated heterocycles. The number of H-pyrrole nitrogens is 1. The van der Waals surface area contributed by atoms with Crippen LogP contribution in [0.1, 0.15) is 17.4 Å². The molecule has 18 heavy (non-hydrogen) atoms. The first-order valence-electron chi connectivity index (χ1n) is 5.25. The van der Waals surface area contributed by atoms with Crippen molar-refractivity contribution < 1.29 is 9.18 Å². The fourth-order valence-corrected chi connectivity index (χ4v) is 2.53. The van der Waals surface area contributed by atoms with E-state index in [1.165, 1.54) is 17.7 Å². The lowest BCUT2D eigenvalue weighted by molar-refractivity contribution is -0.114. The number of rotatable bonds is 2. The van der Waals surface area contributed by atoms with Gasteiger partial charge in [0.15, 0.2) is 0 Å². The molecule has 0 radical (unpaired) electrons. The van der Waals surface area contributed by atoms with Gasteiger partial charge < -0.3 is 5.32 Å². The Labute approximate surface area is 106 Å². The number of nitrogens with zero attached hydrogens (tertiary/aromatic N) is 1. The molecule has 0 unspecified atom stereocenters. The molecule has 0 saturated carbocycles. The van der Waals surface area contributed by atoms with Crippen molar-refractivity contribution in [2.24, 2.45) is 0 Å². The van der Waals surface area contributed by atoms with Gasteiger partial charge in [-0.25, -0.2) is 4.68 Å². The van der Waals surface area contributed by atoms with Crippen LogP contribution < -0.4 is 10.9 Å². The first-order valence-corrected chi connectivity index (χ1v) is 6.07. The molecule has 0 aliphatic carbocycles. The summed E-state index contributed by atoms with van der Waals surface area (Å²) in [6.07, 6.45) is 0. The lowest BCUT2D eigenvalue weighted by Crippen LogP contribution is -2.12. The zero-order valence-electron chi connectivity index (χ0n) is 10.1. The van der Waals surface area contributed by atoms with Crippen molar-refractivity contribution >= 4 is 23.1 Å². The van der Waals surface area contributed by atoms with Crippen LogP contribution in [0.2, 0.25) is 0 Å². The summed E-state index contributed by atoms with van der Waals surface area (Å²) >= 11 is 1.01. The SMILES string of the molecule is CC(=O)Nc1cc(=O)[nH]n1-c1c(F)sc(C)c1C. The monoisotopic (exact) mass is 269 g/mol. The van der Waals surface area contributed by atoms with Crippen LogP contribution in [0.25, 0.3) is 5.69 Å². The fraction of sp³-hybridized carbons (Fsp3) is 0.273. The van der Waals surface area contributed by atoms with Crippen LogP contribution >= 0.6 is 11.3 Å². The van der Waals surface area contributed by atoms with E-state index < -0.39 is 10.7 Å². The van der Waals surface area contributed by atoms with Crippen LogP contribution in [0.3, 0.4) is 0 Å². The van der Waals surface area contributed by atoms with E-state index in [-0.39, 0.29) is 17.4 Å². The highest BCUT2D eigenvalue weighted by atomic mass is 32.1. The van der Waals surface area contributed by atoms with Crippen LogP contribution in [0, 0.1) is 19.0 Å². The normalized spacial score (nSPS) is 10.7. The van der Waals surface area contributed by atoms with Gasteiger partial charge >= 0.3 is 0 Å². The van der Waals surface area contributed by atoms with Crippen molar-refractivity contribution in [2.45, 2.75) is 20.8 Å². The Balaban J connectivity index is 2.63. The summed E-state index contributed by atoms with van der Waals surface area (Å²) in [5.74, 6) is -0.0972. The molecule has 5 nitrogen and oxygen atoms in total. The number of hydrogen-bond acceptors (Lipinski definition) is 3. The molecule has 2 aromatic rings. The molecule has 96 valence electrons. The molecular weight excluding hydrogens is 257 g/mol. The highest BCUT2D eigenvalue weighted by molar-refractivity contribution is 7.10. The number of aromatic nitrogens is 2. The number of amides is 1. The number of halogens is 1. The number of aromatic amines is 1. The maximum Gasteiger partial charge on any atom is 0.266 e. The smallest absolute Gasteiger partial charge is 0.266 e. The van der Waals surface area contributed by atoms with Crippen molar-refractivity contribution in [3.05, 3.63) is 32.0 Å². The third-order valence-corrected chi connectivity index (χ3v) is 3.56. The summed E-state index contributed by atoms with van der Waals surface area (Å²) < 4.78 is 15.1.